The van der Waals surface area contributed by atoms with E-state index in [1.807, 2.05) is 29.2 Å². The molecule has 0 aromatic heterocycles. The number of anilines is 1. The van der Waals surface area contributed by atoms with Gasteiger partial charge in [0.05, 0.1) is 0 Å². The molecule has 27 heavy (non-hydrogen) atoms. The zero-order valence-corrected chi connectivity index (χ0v) is 18.7. The van der Waals surface area contributed by atoms with Gasteiger partial charge in [-0.05, 0) is 37.1 Å². The van der Waals surface area contributed by atoms with Gasteiger partial charge in [-0.1, -0.05) is 30.9 Å². The van der Waals surface area contributed by atoms with Crippen LogP contribution in [0, 0.1) is 0 Å². The molecule has 3 rings (SSSR count). The Morgan fingerprint density at radius 2 is 1.74 bits per heavy atom. The maximum Gasteiger partial charge on any atom is 0.242 e. The van der Waals surface area contributed by atoms with Crippen molar-refractivity contribution in [3.63, 3.8) is 0 Å². The maximum absolute atomic E-state index is 12.1. The van der Waals surface area contributed by atoms with Crippen molar-refractivity contribution in [2.24, 2.45) is 10.7 Å². The number of rotatable bonds is 4. The van der Waals surface area contributed by atoms with E-state index in [2.05, 4.69) is 15.2 Å². The summed E-state index contributed by atoms with van der Waals surface area (Å²) in [6.07, 6.45) is 5.84. The lowest BCUT2D eigenvalue weighted by Gasteiger charge is -2.36. The molecule has 6 nitrogen and oxygen atoms in total. The van der Waals surface area contributed by atoms with Gasteiger partial charge in [0.2, 0.25) is 5.91 Å². The maximum atomic E-state index is 12.1. The van der Waals surface area contributed by atoms with Crippen LogP contribution in [0.4, 0.5) is 5.69 Å². The predicted molar refractivity (Wildman–Crippen MR) is 122 cm³/mol. The largest absolute Gasteiger partial charge is 0.370 e. The van der Waals surface area contributed by atoms with Crippen molar-refractivity contribution < 1.29 is 4.79 Å². The van der Waals surface area contributed by atoms with Crippen LogP contribution in [0.3, 0.4) is 0 Å². The number of nitrogens with two attached hydrogens (primary N) is 1. The summed E-state index contributed by atoms with van der Waals surface area (Å²) in [6, 6.07) is 8.19. The summed E-state index contributed by atoms with van der Waals surface area (Å²) >= 11 is 5.95. The summed E-state index contributed by atoms with van der Waals surface area (Å²) in [5.41, 5.74) is 7.26. The van der Waals surface area contributed by atoms with Crippen molar-refractivity contribution in [1.82, 2.24) is 10.2 Å². The molecule has 2 fully saturated rings. The van der Waals surface area contributed by atoms with E-state index in [0.29, 0.717) is 12.0 Å². The second kappa shape index (κ2) is 10.9. The van der Waals surface area contributed by atoms with E-state index in [4.69, 9.17) is 17.3 Å². The first-order valence-electron chi connectivity index (χ1n) is 9.46. The minimum absolute atomic E-state index is 0. The van der Waals surface area contributed by atoms with Gasteiger partial charge in [0.25, 0.3) is 0 Å². The number of guanidine groups is 1. The normalized spacial score (nSPS) is 18.8. The average molecular weight is 506 g/mol. The number of piperazine rings is 1. The number of carbonyl (C=O) groups excluding carboxylic acids is 1. The van der Waals surface area contributed by atoms with Crippen LogP contribution in [-0.2, 0) is 4.79 Å². The first kappa shape index (κ1) is 22.1. The first-order valence-corrected chi connectivity index (χ1v) is 9.84. The van der Waals surface area contributed by atoms with E-state index in [-0.39, 0.29) is 36.4 Å². The zero-order valence-electron chi connectivity index (χ0n) is 15.6. The van der Waals surface area contributed by atoms with Crippen LogP contribution >= 0.6 is 35.6 Å². The van der Waals surface area contributed by atoms with Crippen LogP contribution in [-0.4, -0.2) is 55.5 Å². The van der Waals surface area contributed by atoms with E-state index in [0.717, 1.165) is 49.7 Å². The molecular formula is C19H29ClIN5O. The number of carbonyl (C=O) groups is 1. The summed E-state index contributed by atoms with van der Waals surface area (Å²) in [7, 11) is 0. The number of nitrogens with one attached hydrogen (secondary N) is 1. The molecule has 1 aromatic carbocycles. The SMILES string of the molecule is I.NC(=NCC(=O)NC1CCCCC1)N1CCN(c2ccc(Cl)cc2)CC1. The van der Waals surface area contributed by atoms with Crippen LogP contribution in [0.25, 0.3) is 0 Å². The zero-order chi connectivity index (χ0) is 18.4. The smallest absolute Gasteiger partial charge is 0.242 e. The lowest BCUT2D eigenvalue weighted by Crippen LogP contribution is -2.51. The van der Waals surface area contributed by atoms with Gasteiger partial charge in [-0.2, -0.15) is 0 Å². The Kier molecular flexibility index (Phi) is 8.95. The van der Waals surface area contributed by atoms with Crippen molar-refractivity contribution in [3.8, 4) is 0 Å². The van der Waals surface area contributed by atoms with Gasteiger partial charge in [-0.15, -0.1) is 24.0 Å². The first-order chi connectivity index (χ1) is 12.6. The van der Waals surface area contributed by atoms with Crippen LogP contribution in [0.5, 0.6) is 0 Å². The van der Waals surface area contributed by atoms with E-state index in [1.54, 1.807) is 0 Å². The number of nitrogens with zero attached hydrogens (tertiary/aromatic N) is 3. The molecule has 0 atom stereocenters. The highest BCUT2D eigenvalue weighted by molar-refractivity contribution is 14.0. The summed E-state index contributed by atoms with van der Waals surface area (Å²) in [6.45, 7) is 3.43. The molecule has 1 saturated carbocycles. The quantitative estimate of drug-likeness (QED) is 0.375. The van der Waals surface area contributed by atoms with Gasteiger partial charge in [0.1, 0.15) is 6.54 Å². The third-order valence-electron chi connectivity index (χ3n) is 5.15. The molecule has 8 heteroatoms. The Morgan fingerprint density at radius 3 is 2.37 bits per heavy atom. The summed E-state index contributed by atoms with van der Waals surface area (Å²) in [5, 5.41) is 3.82. The van der Waals surface area contributed by atoms with Crippen molar-refractivity contribution in [3.05, 3.63) is 29.3 Å². The van der Waals surface area contributed by atoms with E-state index in [9.17, 15) is 4.79 Å². The molecular weight excluding hydrogens is 477 g/mol. The monoisotopic (exact) mass is 505 g/mol. The Balaban J connectivity index is 0.00000261. The molecule has 2 aliphatic rings. The fraction of sp³-hybridized carbons (Fsp3) is 0.579. The highest BCUT2D eigenvalue weighted by atomic mass is 127. The molecule has 150 valence electrons. The Labute approximate surface area is 183 Å². The molecule has 0 bridgehead atoms. The van der Waals surface area contributed by atoms with Crippen molar-refractivity contribution in [2.45, 2.75) is 38.1 Å². The number of benzene rings is 1. The molecule has 1 aliphatic carbocycles. The summed E-state index contributed by atoms with van der Waals surface area (Å²) in [4.78, 5) is 20.7. The average Bonchev–Trinajstić information content (AvgIpc) is 2.68. The standard InChI is InChI=1S/C19H28ClN5O.HI/c20-15-6-8-17(9-7-15)24-10-12-25(13-11-24)19(21)22-14-18(26)23-16-4-2-1-3-5-16;/h6-9,16H,1-5,10-14H2,(H2,21,22)(H,23,26);1H. The highest BCUT2D eigenvalue weighted by Gasteiger charge is 2.19. The third-order valence-corrected chi connectivity index (χ3v) is 5.40. The number of hydrogen-bond acceptors (Lipinski definition) is 3. The molecule has 1 heterocycles. The van der Waals surface area contributed by atoms with Crippen LogP contribution < -0.4 is 16.0 Å². The predicted octanol–water partition coefficient (Wildman–Crippen LogP) is 2.84. The van der Waals surface area contributed by atoms with Crippen LogP contribution in [0.15, 0.2) is 29.3 Å². The molecule has 0 unspecified atom stereocenters. The van der Waals surface area contributed by atoms with E-state index in [1.165, 1.54) is 19.3 Å². The van der Waals surface area contributed by atoms with Gasteiger partial charge in [-0.3, -0.25) is 4.79 Å². The Hall–Kier alpha value is -1.22. The minimum atomic E-state index is -0.0281. The summed E-state index contributed by atoms with van der Waals surface area (Å²) in [5.74, 6) is 0.430. The van der Waals surface area contributed by atoms with E-state index < -0.39 is 0 Å². The molecule has 0 spiro atoms. The Morgan fingerprint density at radius 1 is 1.11 bits per heavy atom. The molecule has 0 radical (unpaired) electrons. The number of aliphatic imine (C=N–C) groups is 1. The fourth-order valence-electron chi connectivity index (χ4n) is 3.62. The minimum Gasteiger partial charge on any atom is -0.370 e. The molecule has 1 amide bonds. The molecule has 3 N–H and O–H groups in total. The van der Waals surface area contributed by atoms with Crippen molar-refractivity contribution in [2.75, 3.05) is 37.6 Å². The van der Waals surface area contributed by atoms with Crippen molar-refractivity contribution in [1.29, 1.82) is 0 Å². The Bertz CT molecular complexity index is 625. The van der Waals surface area contributed by atoms with Gasteiger partial charge in [0.15, 0.2) is 5.96 Å². The second-order valence-electron chi connectivity index (χ2n) is 7.03. The van der Waals surface area contributed by atoms with Crippen LogP contribution in [0.2, 0.25) is 5.02 Å². The fourth-order valence-corrected chi connectivity index (χ4v) is 3.74. The molecule has 1 saturated heterocycles. The van der Waals surface area contributed by atoms with E-state index >= 15 is 0 Å². The lowest BCUT2D eigenvalue weighted by atomic mass is 9.95. The van der Waals surface area contributed by atoms with Gasteiger partial charge >= 0.3 is 0 Å². The second-order valence-corrected chi connectivity index (χ2v) is 7.46. The van der Waals surface area contributed by atoms with Gasteiger partial charge in [-0.25, -0.2) is 4.99 Å². The number of halogens is 2. The summed E-state index contributed by atoms with van der Waals surface area (Å²) < 4.78 is 0. The third kappa shape index (κ3) is 6.71. The number of amides is 1. The highest BCUT2D eigenvalue weighted by Crippen LogP contribution is 2.19. The topological polar surface area (TPSA) is 74.0 Å². The van der Waals surface area contributed by atoms with Gasteiger partial charge in [0, 0.05) is 42.9 Å². The van der Waals surface area contributed by atoms with Gasteiger partial charge < -0.3 is 20.9 Å². The molecule has 1 aromatic rings. The molecule has 1 aliphatic heterocycles. The number of hydrogen-bond donors (Lipinski definition) is 2. The lowest BCUT2D eigenvalue weighted by molar-refractivity contribution is -0.120. The van der Waals surface area contributed by atoms with Crippen molar-refractivity contribution >= 4 is 53.1 Å². The van der Waals surface area contributed by atoms with Crippen LogP contribution in [0.1, 0.15) is 32.1 Å².